The van der Waals surface area contributed by atoms with Gasteiger partial charge in [0.2, 0.25) is 0 Å². The quantitative estimate of drug-likeness (QED) is 0.631. The topological polar surface area (TPSA) is 9.23 Å². The fourth-order valence-corrected chi connectivity index (χ4v) is 2.84. The molecule has 0 aliphatic carbocycles. The molecule has 1 nitrogen and oxygen atoms in total. The number of hydrogen-bond acceptors (Lipinski definition) is 1. The first-order valence-electron chi connectivity index (χ1n) is 5.85. The lowest BCUT2D eigenvalue weighted by Crippen LogP contribution is -2.08. The van der Waals surface area contributed by atoms with E-state index in [2.05, 4.69) is 0 Å². The van der Waals surface area contributed by atoms with Crippen molar-refractivity contribution in [2.24, 2.45) is 0 Å². The second-order valence-corrected chi connectivity index (χ2v) is 5.50. The second-order valence-electron chi connectivity index (χ2n) is 4.34. The minimum atomic E-state index is -4.37. The van der Waals surface area contributed by atoms with Crippen LogP contribution in [0.5, 0.6) is 5.75 Å². The van der Waals surface area contributed by atoms with Gasteiger partial charge < -0.3 is 4.74 Å². The van der Waals surface area contributed by atoms with Crippen LogP contribution < -0.4 is 4.74 Å². The van der Waals surface area contributed by atoms with E-state index in [4.69, 9.17) is 4.74 Å². The van der Waals surface area contributed by atoms with E-state index in [9.17, 15) is 13.2 Å². The first kappa shape index (κ1) is 15.2. The number of rotatable bonds is 2. The van der Waals surface area contributed by atoms with E-state index in [-0.39, 0.29) is 5.56 Å². The van der Waals surface area contributed by atoms with Gasteiger partial charge in [-0.2, -0.15) is 13.2 Å². The molecule has 0 aromatic heterocycles. The molecule has 0 amide bonds. The highest BCUT2D eigenvalue weighted by Gasteiger charge is 2.34. The van der Waals surface area contributed by atoms with Crippen LogP contribution >= 0.6 is 22.6 Å². The molecule has 0 heterocycles. The monoisotopic (exact) mass is 392 g/mol. The van der Waals surface area contributed by atoms with Crippen molar-refractivity contribution < 1.29 is 17.9 Å². The zero-order valence-corrected chi connectivity index (χ0v) is 13.0. The highest BCUT2D eigenvalue weighted by molar-refractivity contribution is 14.1. The molecule has 0 bridgehead atoms. The molecule has 0 aliphatic rings. The number of halogens is 4. The summed E-state index contributed by atoms with van der Waals surface area (Å²) in [6.07, 6.45) is -4.37. The number of ether oxygens (including phenoxy) is 1. The standard InChI is InChI=1S/C15H12F3IO/c1-9-4-3-5-12(15(16,17)18)14(9)11-7-6-10(20-2)8-13(11)19/h3-8H,1-2H3. The highest BCUT2D eigenvalue weighted by atomic mass is 127. The van der Waals surface area contributed by atoms with Gasteiger partial charge in [-0.15, -0.1) is 0 Å². The molecule has 5 heteroatoms. The van der Waals surface area contributed by atoms with E-state index in [0.29, 0.717) is 16.9 Å². The Balaban J connectivity index is 2.69. The summed E-state index contributed by atoms with van der Waals surface area (Å²) in [5, 5.41) is 0. The van der Waals surface area contributed by atoms with Crippen molar-refractivity contribution in [3.63, 3.8) is 0 Å². The van der Waals surface area contributed by atoms with Gasteiger partial charge in [0, 0.05) is 3.57 Å². The Bertz CT molecular complexity index is 636. The Morgan fingerprint density at radius 3 is 2.35 bits per heavy atom. The van der Waals surface area contributed by atoms with Gasteiger partial charge in [-0.05, 0) is 70.5 Å². The zero-order valence-electron chi connectivity index (χ0n) is 10.9. The molecule has 2 aromatic rings. The van der Waals surface area contributed by atoms with Crippen molar-refractivity contribution in [3.05, 3.63) is 51.1 Å². The summed E-state index contributed by atoms with van der Waals surface area (Å²) in [7, 11) is 1.53. The fourth-order valence-electron chi connectivity index (χ4n) is 2.09. The molecule has 0 saturated carbocycles. The van der Waals surface area contributed by atoms with Crippen molar-refractivity contribution in [1.82, 2.24) is 0 Å². The predicted molar refractivity (Wildman–Crippen MR) is 80.9 cm³/mol. The van der Waals surface area contributed by atoms with Crippen LogP contribution in [0.25, 0.3) is 11.1 Å². The number of methoxy groups -OCH3 is 1. The van der Waals surface area contributed by atoms with Crippen molar-refractivity contribution in [2.45, 2.75) is 13.1 Å². The molecule has 0 fully saturated rings. The van der Waals surface area contributed by atoms with Gasteiger partial charge in [0.25, 0.3) is 0 Å². The Labute approximate surface area is 128 Å². The molecule has 106 valence electrons. The highest BCUT2D eigenvalue weighted by Crippen LogP contribution is 2.40. The lowest BCUT2D eigenvalue weighted by Gasteiger charge is -2.17. The van der Waals surface area contributed by atoms with E-state index in [1.54, 1.807) is 31.2 Å². The van der Waals surface area contributed by atoms with Crippen LogP contribution in [0, 0.1) is 10.5 Å². The Morgan fingerprint density at radius 1 is 1.10 bits per heavy atom. The van der Waals surface area contributed by atoms with Crippen LogP contribution in [0.3, 0.4) is 0 Å². The van der Waals surface area contributed by atoms with Gasteiger partial charge in [-0.25, -0.2) is 0 Å². The first-order valence-corrected chi connectivity index (χ1v) is 6.93. The van der Waals surface area contributed by atoms with Gasteiger partial charge in [0.05, 0.1) is 12.7 Å². The first-order chi connectivity index (χ1) is 9.34. The molecular weight excluding hydrogens is 380 g/mol. The van der Waals surface area contributed by atoms with Gasteiger partial charge in [0.15, 0.2) is 0 Å². The molecule has 0 N–H and O–H groups in total. The summed E-state index contributed by atoms with van der Waals surface area (Å²) in [6, 6.07) is 9.29. The lowest BCUT2D eigenvalue weighted by molar-refractivity contribution is -0.137. The van der Waals surface area contributed by atoms with E-state index < -0.39 is 11.7 Å². The third-order valence-electron chi connectivity index (χ3n) is 3.02. The van der Waals surface area contributed by atoms with Crippen LogP contribution in [0.15, 0.2) is 36.4 Å². The SMILES string of the molecule is COc1ccc(-c2c(C)cccc2C(F)(F)F)c(I)c1. The maximum Gasteiger partial charge on any atom is 0.417 e. The van der Waals surface area contributed by atoms with E-state index >= 15 is 0 Å². The second kappa shape index (κ2) is 5.63. The molecule has 0 radical (unpaired) electrons. The molecule has 20 heavy (non-hydrogen) atoms. The average Bonchev–Trinajstić information content (AvgIpc) is 2.38. The molecular formula is C15H12F3IO. The summed E-state index contributed by atoms with van der Waals surface area (Å²) >= 11 is 2.03. The number of aryl methyl sites for hydroxylation is 1. The summed E-state index contributed by atoms with van der Waals surface area (Å²) in [5.74, 6) is 0.625. The number of benzene rings is 2. The normalized spacial score (nSPS) is 11.5. The molecule has 0 atom stereocenters. The van der Waals surface area contributed by atoms with Crippen molar-refractivity contribution in [2.75, 3.05) is 7.11 Å². The third kappa shape index (κ3) is 2.92. The van der Waals surface area contributed by atoms with Crippen LogP contribution in [-0.2, 0) is 6.18 Å². The minimum Gasteiger partial charge on any atom is -0.497 e. The number of hydrogen-bond donors (Lipinski definition) is 0. The summed E-state index contributed by atoms with van der Waals surface area (Å²) in [4.78, 5) is 0. The molecule has 0 unspecified atom stereocenters. The lowest BCUT2D eigenvalue weighted by atomic mass is 9.94. The van der Waals surface area contributed by atoms with Crippen LogP contribution in [0.4, 0.5) is 13.2 Å². The molecule has 0 saturated heterocycles. The molecule has 0 spiro atoms. The maximum absolute atomic E-state index is 13.2. The van der Waals surface area contributed by atoms with E-state index in [0.717, 1.165) is 9.64 Å². The van der Waals surface area contributed by atoms with Gasteiger partial charge >= 0.3 is 6.18 Å². The van der Waals surface area contributed by atoms with Crippen LogP contribution in [0.2, 0.25) is 0 Å². The summed E-state index contributed by atoms with van der Waals surface area (Å²) in [5.41, 5.74) is 0.785. The molecule has 0 aliphatic heterocycles. The van der Waals surface area contributed by atoms with E-state index in [1.807, 2.05) is 22.6 Å². The summed E-state index contributed by atoms with van der Waals surface area (Å²) < 4.78 is 45.3. The van der Waals surface area contributed by atoms with Gasteiger partial charge in [-0.1, -0.05) is 12.1 Å². The molecule has 2 rings (SSSR count). The Hall–Kier alpha value is -1.24. The zero-order chi connectivity index (χ0) is 14.9. The third-order valence-corrected chi connectivity index (χ3v) is 3.92. The largest absolute Gasteiger partial charge is 0.497 e. The fraction of sp³-hybridized carbons (Fsp3) is 0.200. The van der Waals surface area contributed by atoms with Crippen molar-refractivity contribution >= 4 is 22.6 Å². The Kier molecular flexibility index (Phi) is 4.27. The molecule has 2 aromatic carbocycles. The van der Waals surface area contributed by atoms with E-state index in [1.165, 1.54) is 13.2 Å². The summed E-state index contributed by atoms with van der Waals surface area (Å²) in [6.45, 7) is 1.69. The van der Waals surface area contributed by atoms with Crippen LogP contribution in [0.1, 0.15) is 11.1 Å². The Morgan fingerprint density at radius 2 is 1.80 bits per heavy atom. The van der Waals surface area contributed by atoms with Crippen LogP contribution in [-0.4, -0.2) is 7.11 Å². The minimum absolute atomic E-state index is 0.229. The number of alkyl halides is 3. The average molecular weight is 392 g/mol. The smallest absolute Gasteiger partial charge is 0.417 e. The van der Waals surface area contributed by atoms with Crippen molar-refractivity contribution in [1.29, 1.82) is 0 Å². The van der Waals surface area contributed by atoms with Crippen molar-refractivity contribution in [3.8, 4) is 16.9 Å². The predicted octanol–water partition coefficient (Wildman–Crippen LogP) is 5.29. The van der Waals surface area contributed by atoms with Gasteiger partial charge in [0.1, 0.15) is 5.75 Å². The van der Waals surface area contributed by atoms with Gasteiger partial charge in [-0.3, -0.25) is 0 Å². The maximum atomic E-state index is 13.2.